The molecule has 3 rings (SSSR count). The number of halogens is 2. The number of aromatic nitrogens is 2. The van der Waals surface area contributed by atoms with E-state index in [1.807, 2.05) is 29.9 Å². The van der Waals surface area contributed by atoms with Gasteiger partial charge in [-0.25, -0.2) is 4.98 Å². The number of nitrogens with one attached hydrogen (secondary N) is 2. The van der Waals surface area contributed by atoms with Crippen LogP contribution in [0.3, 0.4) is 0 Å². The monoisotopic (exact) mass is 342 g/mol. The zero-order valence-electron chi connectivity index (χ0n) is 12.3. The van der Waals surface area contributed by atoms with Crippen molar-refractivity contribution in [2.75, 3.05) is 0 Å². The predicted octanol–water partition coefficient (Wildman–Crippen LogP) is 1.59. The number of aryl methyl sites for hydroxylation is 1. The highest BCUT2D eigenvalue weighted by atomic mass is 35.5. The zero-order valence-corrected chi connectivity index (χ0v) is 13.9. The maximum absolute atomic E-state index is 12.2. The molecule has 1 aliphatic rings. The highest BCUT2D eigenvalue weighted by Gasteiger charge is 2.23. The molecular weight excluding hydrogens is 323 g/mol. The largest absolute Gasteiger partial charge is 0.348 e. The highest BCUT2D eigenvalue weighted by molar-refractivity contribution is 5.85. The molecule has 0 fully saturated rings. The summed E-state index contributed by atoms with van der Waals surface area (Å²) in [5.74, 6) is 0.886. The van der Waals surface area contributed by atoms with Gasteiger partial charge in [0, 0.05) is 26.0 Å². The molecule has 0 bridgehead atoms. The quantitative estimate of drug-likeness (QED) is 0.890. The number of imidazole rings is 1. The first-order valence-electron chi connectivity index (χ1n) is 6.78. The molecule has 0 spiro atoms. The number of rotatable bonds is 3. The molecule has 7 heteroatoms. The van der Waals surface area contributed by atoms with Crippen LogP contribution >= 0.6 is 24.8 Å². The van der Waals surface area contributed by atoms with Crippen LogP contribution < -0.4 is 10.6 Å². The lowest BCUT2D eigenvalue weighted by Crippen LogP contribution is -2.47. The lowest BCUT2D eigenvalue weighted by Gasteiger charge is -2.25. The Morgan fingerprint density at radius 1 is 1.36 bits per heavy atom. The number of amides is 1. The van der Waals surface area contributed by atoms with Crippen LogP contribution in [-0.2, 0) is 31.4 Å². The molecule has 0 aliphatic carbocycles. The third-order valence-electron chi connectivity index (χ3n) is 3.74. The van der Waals surface area contributed by atoms with E-state index in [0.717, 1.165) is 18.8 Å². The fourth-order valence-corrected chi connectivity index (χ4v) is 2.50. The molecule has 2 aromatic rings. The van der Waals surface area contributed by atoms with Gasteiger partial charge in [-0.05, 0) is 17.5 Å². The Morgan fingerprint density at radius 3 is 2.77 bits per heavy atom. The van der Waals surface area contributed by atoms with Crippen molar-refractivity contribution in [3.05, 3.63) is 53.6 Å². The van der Waals surface area contributed by atoms with Crippen LogP contribution in [0.5, 0.6) is 0 Å². The molecule has 2 N–H and O–H groups in total. The molecule has 1 aromatic carbocycles. The van der Waals surface area contributed by atoms with E-state index >= 15 is 0 Å². The molecule has 1 amide bonds. The van der Waals surface area contributed by atoms with Crippen molar-refractivity contribution in [1.82, 2.24) is 20.2 Å². The molecule has 0 saturated carbocycles. The molecular formula is C15H20Cl2N4O. The van der Waals surface area contributed by atoms with Crippen molar-refractivity contribution in [1.29, 1.82) is 0 Å². The minimum atomic E-state index is -0.162. The number of carbonyl (C=O) groups is 1. The highest BCUT2D eigenvalue weighted by Crippen LogP contribution is 2.16. The van der Waals surface area contributed by atoms with E-state index in [2.05, 4.69) is 27.8 Å². The lowest BCUT2D eigenvalue weighted by atomic mass is 9.95. The van der Waals surface area contributed by atoms with Gasteiger partial charge in [-0.2, -0.15) is 0 Å². The van der Waals surface area contributed by atoms with Crippen LogP contribution in [0.25, 0.3) is 0 Å². The number of hydrogen-bond donors (Lipinski definition) is 2. The smallest absolute Gasteiger partial charge is 0.237 e. The SMILES string of the molecule is Cl.Cl.Cn1ccnc1CNC(=O)C1Cc2ccccc2CN1. The molecule has 120 valence electrons. The molecule has 1 unspecified atom stereocenters. The average Bonchev–Trinajstić information content (AvgIpc) is 2.89. The van der Waals surface area contributed by atoms with Gasteiger partial charge in [0.15, 0.2) is 0 Å². The average molecular weight is 343 g/mol. The lowest BCUT2D eigenvalue weighted by molar-refractivity contribution is -0.123. The second-order valence-electron chi connectivity index (χ2n) is 5.08. The summed E-state index contributed by atoms with van der Waals surface area (Å²) >= 11 is 0. The maximum atomic E-state index is 12.2. The van der Waals surface area contributed by atoms with Gasteiger partial charge in [0.2, 0.25) is 5.91 Å². The summed E-state index contributed by atoms with van der Waals surface area (Å²) in [5, 5.41) is 6.22. The topological polar surface area (TPSA) is 59.0 Å². The number of benzene rings is 1. The van der Waals surface area contributed by atoms with Crippen LogP contribution in [0.2, 0.25) is 0 Å². The molecule has 2 heterocycles. The minimum absolute atomic E-state index is 0. The number of nitrogens with zero attached hydrogens (tertiary/aromatic N) is 2. The van der Waals surface area contributed by atoms with E-state index in [4.69, 9.17) is 0 Å². The summed E-state index contributed by atoms with van der Waals surface area (Å²) < 4.78 is 1.91. The van der Waals surface area contributed by atoms with E-state index in [9.17, 15) is 4.79 Å². The summed E-state index contributed by atoms with van der Waals surface area (Å²) in [6.45, 7) is 1.21. The molecule has 0 saturated heterocycles. The maximum Gasteiger partial charge on any atom is 0.237 e. The molecule has 1 aromatic heterocycles. The Kier molecular flexibility index (Phi) is 6.87. The van der Waals surface area contributed by atoms with E-state index in [1.165, 1.54) is 11.1 Å². The Bertz CT molecular complexity index is 630. The van der Waals surface area contributed by atoms with Crippen molar-refractivity contribution in [2.45, 2.75) is 25.6 Å². The van der Waals surface area contributed by atoms with E-state index in [1.54, 1.807) is 6.20 Å². The minimum Gasteiger partial charge on any atom is -0.348 e. The normalized spacial score (nSPS) is 16.0. The Morgan fingerprint density at radius 2 is 2.09 bits per heavy atom. The number of carbonyl (C=O) groups excluding carboxylic acids is 1. The van der Waals surface area contributed by atoms with Crippen LogP contribution in [0.15, 0.2) is 36.7 Å². The predicted molar refractivity (Wildman–Crippen MR) is 90.3 cm³/mol. The number of hydrogen-bond acceptors (Lipinski definition) is 3. The van der Waals surface area contributed by atoms with Crippen molar-refractivity contribution in [3.63, 3.8) is 0 Å². The first-order chi connectivity index (χ1) is 9.74. The van der Waals surface area contributed by atoms with E-state index in [-0.39, 0.29) is 36.8 Å². The third-order valence-corrected chi connectivity index (χ3v) is 3.74. The zero-order chi connectivity index (χ0) is 13.9. The summed E-state index contributed by atoms with van der Waals surface area (Å²) in [6, 6.07) is 8.08. The first kappa shape index (κ1) is 18.5. The summed E-state index contributed by atoms with van der Waals surface area (Å²) in [6.07, 6.45) is 4.34. The molecule has 1 atom stereocenters. The Hall–Kier alpha value is -1.56. The molecule has 5 nitrogen and oxygen atoms in total. The van der Waals surface area contributed by atoms with Gasteiger partial charge < -0.3 is 15.2 Å². The van der Waals surface area contributed by atoms with E-state index < -0.39 is 0 Å². The fraction of sp³-hybridized carbons (Fsp3) is 0.333. The summed E-state index contributed by atoms with van der Waals surface area (Å²) in [4.78, 5) is 16.4. The second-order valence-corrected chi connectivity index (χ2v) is 5.08. The van der Waals surface area contributed by atoms with Crippen LogP contribution in [0.4, 0.5) is 0 Å². The Balaban J connectivity index is 0.00000121. The molecule has 22 heavy (non-hydrogen) atoms. The summed E-state index contributed by atoms with van der Waals surface area (Å²) in [5.41, 5.74) is 2.53. The van der Waals surface area contributed by atoms with Gasteiger partial charge in [-0.15, -0.1) is 24.8 Å². The molecule has 0 radical (unpaired) electrons. The fourth-order valence-electron chi connectivity index (χ4n) is 2.50. The van der Waals surface area contributed by atoms with Gasteiger partial charge in [-0.1, -0.05) is 24.3 Å². The van der Waals surface area contributed by atoms with Crippen LogP contribution in [0.1, 0.15) is 17.0 Å². The van der Waals surface area contributed by atoms with E-state index in [0.29, 0.717) is 6.54 Å². The third kappa shape index (κ3) is 4.00. The molecule has 1 aliphatic heterocycles. The second kappa shape index (κ2) is 8.17. The van der Waals surface area contributed by atoms with Gasteiger partial charge in [0.05, 0.1) is 12.6 Å². The first-order valence-corrected chi connectivity index (χ1v) is 6.78. The van der Waals surface area contributed by atoms with Crippen LogP contribution in [0, 0.1) is 0 Å². The van der Waals surface area contributed by atoms with Crippen molar-refractivity contribution < 1.29 is 4.79 Å². The van der Waals surface area contributed by atoms with Crippen molar-refractivity contribution in [2.24, 2.45) is 7.05 Å². The van der Waals surface area contributed by atoms with Crippen molar-refractivity contribution >= 4 is 30.7 Å². The summed E-state index contributed by atoms with van der Waals surface area (Å²) in [7, 11) is 1.92. The van der Waals surface area contributed by atoms with Crippen molar-refractivity contribution in [3.8, 4) is 0 Å². The van der Waals surface area contributed by atoms with Crippen LogP contribution in [-0.4, -0.2) is 21.5 Å². The van der Waals surface area contributed by atoms with Gasteiger partial charge in [-0.3, -0.25) is 4.79 Å². The number of fused-ring (bicyclic) bond motifs is 1. The standard InChI is InChI=1S/C15H18N4O.2ClH/c1-19-7-6-16-14(19)10-18-15(20)13-8-11-4-2-3-5-12(11)9-17-13;;/h2-7,13,17H,8-10H2,1H3,(H,18,20);2*1H. The Labute approximate surface area is 142 Å². The van der Waals surface area contributed by atoms with Gasteiger partial charge in [0.1, 0.15) is 5.82 Å². The van der Waals surface area contributed by atoms with Gasteiger partial charge >= 0.3 is 0 Å². The van der Waals surface area contributed by atoms with Gasteiger partial charge in [0.25, 0.3) is 0 Å².